The van der Waals surface area contributed by atoms with Crippen LogP contribution in [0.25, 0.3) is 0 Å². The maximum Gasteiger partial charge on any atom is 0.335 e. The molecule has 3 nitrogen and oxygen atoms in total. The highest BCUT2D eigenvalue weighted by molar-refractivity contribution is 9.10. The lowest BCUT2D eigenvalue weighted by Gasteiger charge is -2.03. The molecule has 16 heavy (non-hydrogen) atoms. The molecule has 0 aliphatic rings. The first-order valence-corrected chi connectivity index (χ1v) is 5.36. The van der Waals surface area contributed by atoms with E-state index in [0.717, 1.165) is 10.0 Å². The Bertz CT molecular complexity index is 469. The van der Waals surface area contributed by atoms with Crippen molar-refractivity contribution in [2.75, 3.05) is 13.7 Å². The first-order valence-electron chi connectivity index (χ1n) is 4.57. The summed E-state index contributed by atoms with van der Waals surface area (Å²) < 4.78 is 5.55. The van der Waals surface area contributed by atoms with Crippen molar-refractivity contribution in [3.05, 3.63) is 33.3 Å². The minimum atomic E-state index is -0.963. The van der Waals surface area contributed by atoms with Gasteiger partial charge in [-0.1, -0.05) is 27.8 Å². The summed E-state index contributed by atoms with van der Waals surface area (Å²) in [5, 5.41) is 8.90. The molecule has 0 aromatic heterocycles. The second-order valence-corrected chi connectivity index (χ2v) is 4.02. The molecule has 1 rings (SSSR count). The maximum atomic E-state index is 10.9. The van der Waals surface area contributed by atoms with E-state index in [1.165, 1.54) is 0 Å². The molecule has 0 aliphatic heterocycles. The van der Waals surface area contributed by atoms with Gasteiger partial charge in [-0.05, 0) is 24.6 Å². The molecule has 0 unspecified atom stereocenters. The van der Waals surface area contributed by atoms with Crippen molar-refractivity contribution >= 4 is 21.9 Å². The summed E-state index contributed by atoms with van der Waals surface area (Å²) in [5.41, 5.74) is 1.84. The Balaban J connectivity index is 3.18. The number of benzene rings is 1. The average molecular weight is 283 g/mol. The zero-order valence-electron chi connectivity index (χ0n) is 9.00. The number of ether oxygens (including phenoxy) is 1. The van der Waals surface area contributed by atoms with Gasteiger partial charge in [-0.3, -0.25) is 0 Å². The molecule has 0 bridgehead atoms. The van der Waals surface area contributed by atoms with E-state index in [0.29, 0.717) is 12.2 Å². The van der Waals surface area contributed by atoms with E-state index in [1.807, 2.05) is 6.92 Å². The lowest BCUT2D eigenvalue weighted by atomic mass is 10.1. The minimum absolute atomic E-state index is 0.221. The Hall–Kier alpha value is -1.31. The zero-order chi connectivity index (χ0) is 12.1. The summed E-state index contributed by atoms with van der Waals surface area (Å²) in [5.74, 6) is 4.72. The number of hydrogen-bond donors (Lipinski definition) is 1. The van der Waals surface area contributed by atoms with Gasteiger partial charge in [0.25, 0.3) is 0 Å². The third-order valence-corrected chi connectivity index (χ3v) is 2.85. The van der Waals surface area contributed by atoms with Gasteiger partial charge in [0, 0.05) is 17.1 Å². The van der Waals surface area contributed by atoms with Gasteiger partial charge in [-0.15, -0.1) is 0 Å². The fourth-order valence-corrected chi connectivity index (χ4v) is 1.60. The molecule has 0 atom stereocenters. The standard InChI is InChI=1S/C12H11BrO3/c1-8-9(4-3-5-16-2)6-10(12(14)15)7-11(8)13/h6-7H,5H2,1-2H3,(H,14,15). The average Bonchev–Trinajstić information content (AvgIpc) is 2.24. The first-order chi connectivity index (χ1) is 7.56. The Kier molecular flexibility index (Phi) is 4.53. The largest absolute Gasteiger partial charge is 0.478 e. The van der Waals surface area contributed by atoms with Crippen LogP contribution in [0.15, 0.2) is 16.6 Å². The van der Waals surface area contributed by atoms with Gasteiger partial charge in [0.1, 0.15) is 6.61 Å². The van der Waals surface area contributed by atoms with Crippen LogP contribution in [0, 0.1) is 18.8 Å². The van der Waals surface area contributed by atoms with Crippen molar-refractivity contribution in [1.82, 2.24) is 0 Å². The van der Waals surface area contributed by atoms with Gasteiger partial charge in [-0.2, -0.15) is 0 Å². The highest BCUT2D eigenvalue weighted by Gasteiger charge is 2.08. The van der Waals surface area contributed by atoms with E-state index in [4.69, 9.17) is 9.84 Å². The molecule has 0 radical (unpaired) electrons. The molecule has 0 amide bonds. The highest BCUT2D eigenvalue weighted by Crippen LogP contribution is 2.21. The topological polar surface area (TPSA) is 46.5 Å². The summed E-state index contributed by atoms with van der Waals surface area (Å²) in [6.45, 7) is 2.21. The Labute approximate surface area is 103 Å². The molecule has 1 N–H and O–H groups in total. The zero-order valence-corrected chi connectivity index (χ0v) is 10.6. The molecule has 0 heterocycles. The van der Waals surface area contributed by atoms with Crippen molar-refractivity contribution < 1.29 is 14.6 Å². The summed E-state index contributed by atoms with van der Waals surface area (Å²) in [7, 11) is 1.56. The summed E-state index contributed by atoms with van der Waals surface area (Å²) in [6.07, 6.45) is 0. The number of methoxy groups -OCH3 is 1. The first kappa shape index (κ1) is 12.8. The van der Waals surface area contributed by atoms with E-state index in [9.17, 15) is 4.79 Å². The van der Waals surface area contributed by atoms with Crippen LogP contribution >= 0.6 is 15.9 Å². The summed E-state index contributed by atoms with van der Waals surface area (Å²) >= 11 is 3.31. The van der Waals surface area contributed by atoms with Gasteiger partial charge >= 0.3 is 5.97 Å². The smallest absolute Gasteiger partial charge is 0.335 e. The van der Waals surface area contributed by atoms with Crippen molar-refractivity contribution in [2.45, 2.75) is 6.92 Å². The van der Waals surface area contributed by atoms with Crippen LogP contribution in [-0.4, -0.2) is 24.8 Å². The van der Waals surface area contributed by atoms with E-state index < -0.39 is 5.97 Å². The van der Waals surface area contributed by atoms with E-state index >= 15 is 0 Å². The van der Waals surface area contributed by atoms with E-state index in [2.05, 4.69) is 27.8 Å². The predicted molar refractivity (Wildman–Crippen MR) is 64.6 cm³/mol. The monoisotopic (exact) mass is 282 g/mol. The normalized spacial score (nSPS) is 9.44. The Morgan fingerprint density at radius 1 is 1.56 bits per heavy atom. The molecule has 0 saturated heterocycles. The molecule has 1 aromatic rings. The van der Waals surface area contributed by atoms with E-state index in [-0.39, 0.29) is 5.56 Å². The number of halogens is 1. The van der Waals surface area contributed by atoms with Gasteiger partial charge < -0.3 is 9.84 Å². The van der Waals surface area contributed by atoms with Gasteiger partial charge in [0.2, 0.25) is 0 Å². The van der Waals surface area contributed by atoms with Crippen LogP contribution in [0.5, 0.6) is 0 Å². The van der Waals surface area contributed by atoms with Gasteiger partial charge in [0.15, 0.2) is 0 Å². The number of aromatic carboxylic acids is 1. The second kappa shape index (κ2) is 5.69. The lowest BCUT2D eigenvalue weighted by molar-refractivity contribution is 0.0697. The summed E-state index contributed by atoms with van der Waals surface area (Å²) in [4.78, 5) is 10.9. The molecule has 84 valence electrons. The quantitative estimate of drug-likeness (QED) is 0.848. The van der Waals surface area contributed by atoms with Crippen molar-refractivity contribution in [1.29, 1.82) is 0 Å². The van der Waals surface area contributed by atoms with Crippen LogP contribution in [0.2, 0.25) is 0 Å². The third kappa shape index (κ3) is 3.09. The number of rotatable bonds is 2. The molecule has 0 aliphatic carbocycles. The fourth-order valence-electron chi connectivity index (χ4n) is 1.14. The van der Waals surface area contributed by atoms with Crippen LogP contribution in [0.1, 0.15) is 21.5 Å². The van der Waals surface area contributed by atoms with Gasteiger partial charge in [0.05, 0.1) is 5.56 Å². The molecule has 1 aromatic carbocycles. The number of carboxylic acids is 1. The molecule has 0 spiro atoms. The van der Waals surface area contributed by atoms with Crippen LogP contribution in [-0.2, 0) is 4.74 Å². The highest BCUT2D eigenvalue weighted by atomic mass is 79.9. The molecule has 0 saturated carbocycles. The van der Waals surface area contributed by atoms with Crippen LogP contribution < -0.4 is 0 Å². The minimum Gasteiger partial charge on any atom is -0.478 e. The Morgan fingerprint density at radius 2 is 2.25 bits per heavy atom. The maximum absolute atomic E-state index is 10.9. The number of hydrogen-bond acceptors (Lipinski definition) is 2. The predicted octanol–water partition coefficient (Wildman–Crippen LogP) is 2.45. The van der Waals surface area contributed by atoms with Crippen LogP contribution in [0.3, 0.4) is 0 Å². The molecular weight excluding hydrogens is 272 g/mol. The van der Waals surface area contributed by atoms with E-state index in [1.54, 1.807) is 19.2 Å². The molecular formula is C12H11BrO3. The Morgan fingerprint density at radius 3 is 2.81 bits per heavy atom. The summed E-state index contributed by atoms with van der Waals surface area (Å²) in [6, 6.07) is 3.13. The SMILES string of the molecule is COCC#Cc1cc(C(=O)O)cc(Br)c1C. The fraction of sp³-hybridized carbons (Fsp3) is 0.250. The third-order valence-electron chi connectivity index (χ3n) is 2.03. The van der Waals surface area contributed by atoms with Crippen molar-refractivity contribution in [3.63, 3.8) is 0 Å². The number of carboxylic acid groups (broad SMARTS) is 1. The molecule has 4 heteroatoms. The van der Waals surface area contributed by atoms with Gasteiger partial charge in [-0.25, -0.2) is 4.79 Å². The molecule has 0 fully saturated rings. The van der Waals surface area contributed by atoms with Crippen LogP contribution in [0.4, 0.5) is 0 Å². The van der Waals surface area contributed by atoms with Crippen molar-refractivity contribution in [3.8, 4) is 11.8 Å². The lowest BCUT2D eigenvalue weighted by Crippen LogP contribution is -1.98. The number of carbonyl (C=O) groups is 1. The van der Waals surface area contributed by atoms with Crippen molar-refractivity contribution in [2.24, 2.45) is 0 Å². The second-order valence-electron chi connectivity index (χ2n) is 3.17.